The van der Waals surface area contributed by atoms with Crippen LogP contribution in [0.5, 0.6) is 0 Å². The molecule has 2 aliphatic rings. The van der Waals surface area contributed by atoms with Gasteiger partial charge in [0, 0.05) is 0 Å². The standard InChI is InChI=1S/C25H29N5OSSe/c1-18(32(26)31)15-22-21-10-6-5-7-19(21)16-25(22)11-13-30(14-12-25)24-27-17-23(28-29-24)33-20-8-3-2-4-9-20/h2-10,17-18,22H,11-16,26H2,1H3/t18?,22-,32?/m1/s1. The Kier molecular flexibility index (Phi) is 6.61. The summed E-state index contributed by atoms with van der Waals surface area (Å²) in [5.74, 6) is 1.12. The zero-order valence-electron chi connectivity index (χ0n) is 18.8. The van der Waals surface area contributed by atoms with E-state index in [1.807, 2.05) is 19.2 Å². The molecule has 2 aromatic carbocycles. The Morgan fingerprint density at radius 2 is 1.85 bits per heavy atom. The van der Waals surface area contributed by atoms with Crippen molar-refractivity contribution in [2.45, 2.75) is 43.8 Å². The number of rotatable bonds is 6. The molecular formula is C25H29N5OSSe. The molecule has 5 rings (SSSR count). The van der Waals surface area contributed by atoms with Crippen LogP contribution < -0.4 is 19.1 Å². The van der Waals surface area contributed by atoms with Gasteiger partial charge in [-0.2, -0.15) is 0 Å². The second-order valence-electron chi connectivity index (χ2n) is 9.16. The topological polar surface area (TPSA) is 85.0 Å². The number of anilines is 1. The maximum absolute atomic E-state index is 12.0. The summed E-state index contributed by atoms with van der Waals surface area (Å²) in [6, 6.07) is 19.1. The molecule has 2 unspecified atom stereocenters. The molecule has 0 amide bonds. The number of hydrogen-bond acceptors (Lipinski definition) is 5. The van der Waals surface area contributed by atoms with Gasteiger partial charge in [-0.25, -0.2) is 4.21 Å². The second kappa shape index (κ2) is 9.63. The molecule has 1 aromatic heterocycles. The van der Waals surface area contributed by atoms with Crippen LogP contribution in [0.3, 0.4) is 0 Å². The number of benzene rings is 2. The molecule has 1 aliphatic carbocycles. The molecule has 3 aromatic rings. The summed E-state index contributed by atoms with van der Waals surface area (Å²) in [4.78, 5) is 6.92. The van der Waals surface area contributed by atoms with Crippen molar-refractivity contribution in [2.75, 3.05) is 18.0 Å². The fourth-order valence-electron chi connectivity index (χ4n) is 5.41. The molecular weight excluding hydrogens is 497 g/mol. The Balaban J connectivity index is 1.29. The van der Waals surface area contributed by atoms with Crippen LogP contribution in [0.4, 0.5) is 5.95 Å². The van der Waals surface area contributed by atoms with E-state index in [4.69, 9.17) is 5.14 Å². The van der Waals surface area contributed by atoms with Crippen LogP contribution in [0, 0.1) is 5.41 Å². The van der Waals surface area contributed by atoms with Gasteiger partial charge in [0.2, 0.25) is 0 Å². The van der Waals surface area contributed by atoms with Crippen molar-refractivity contribution in [1.29, 1.82) is 0 Å². The number of nitrogens with zero attached hydrogens (tertiary/aromatic N) is 4. The molecule has 1 saturated heterocycles. The van der Waals surface area contributed by atoms with Gasteiger partial charge in [0.15, 0.2) is 0 Å². The minimum Gasteiger partial charge on any atom is -0.252 e. The summed E-state index contributed by atoms with van der Waals surface area (Å²) in [6.45, 7) is 3.84. The smallest absolute Gasteiger partial charge is 0.252 e. The third kappa shape index (κ3) is 4.76. The van der Waals surface area contributed by atoms with E-state index in [1.165, 1.54) is 15.6 Å². The summed E-state index contributed by atoms with van der Waals surface area (Å²) in [6.07, 6.45) is 5.97. The van der Waals surface area contributed by atoms with Crippen molar-refractivity contribution in [1.82, 2.24) is 15.2 Å². The molecule has 2 N–H and O–H groups in total. The van der Waals surface area contributed by atoms with Crippen molar-refractivity contribution in [3.63, 3.8) is 0 Å². The van der Waals surface area contributed by atoms with Gasteiger partial charge in [-0.3, -0.25) is 5.14 Å². The maximum atomic E-state index is 12.0. The molecule has 1 fully saturated rings. The molecule has 8 heteroatoms. The van der Waals surface area contributed by atoms with Gasteiger partial charge in [-0.05, 0) is 0 Å². The quantitative estimate of drug-likeness (QED) is 0.496. The minimum atomic E-state index is -1.30. The third-order valence-electron chi connectivity index (χ3n) is 7.21. The Hall–Kier alpha value is -2.12. The van der Waals surface area contributed by atoms with Gasteiger partial charge in [-0.1, -0.05) is 0 Å². The van der Waals surface area contributed by atoms with Crippen LogP contribution in [0.15, 0.2) is 60.8 Å². The van der Waals surface area contributed by atoms with E-state index >= 15 is 0 Å². The zero-order chi connectivity index (χ0) is 22.8. The summed E-state index contributed by atoms with van der Waals surface area (Å²) in [5.41, 5.74) is 3.06. The van der Waals surface area contributed by atoms with Crippen molar-refractivity contribution in [3.05, 3.63) is 71.9 Å². The van der Waals surface area contributed by atoms with Gasteiger partial charge in [0.05, 0.1) is 0 Å². The second-order valence-corrected chi connectivity index (χ2v) is 12.9. The molecule has 172 valence electrons. The predicted octanol–water partition coefficient (Wildman–Crippen LogP) is 1.85. The molecule has 0 saturated carbocycles. The van der Waals surface area contributed by atoms with Gasteiger partial charge in [0.25, 0.3) is 0 Å². The molecule has 6 nitrogen and oxygen atoms in total. The Bertz CT molecular complexity index is 1120. The summed E-state index contributed by atoms with van der Waals surface area (Å²) in [7, 11) is -1.30. The first-order valence-corrected chi connectivity index (χ1v) is 14.4. The van der Waals surface area contributed by atoms with Crippen LogP contribution >= 0.6 is 0 Å². The molecule has 3 atom stereocenters. The number of piperidine rings is 1. The van der Waals surface area contributed by atoms with Gasteiger partial charge in [0.1, 0.15) is 0 Å². The van der Waals surface area contributed by atoms with E-state index in [1.54, 1.807) is 0 Å². The molecule has 1 aliphatic heterocycles. The van der Waals surface area contributed by atoms with Crippen LogP contribution in [-0.2, 0) is 17.4 Å². The van der Waals surface area contributed by atoms with Crippen LogP contribution in [0.2, 0.25) is 0 Å². The van der Waals surface area contributed by atoms with Crippen molar-refractivity contribution in [2.24, 2.45) is 10.6 Å². The number of nitrogens with two attached hydrogens (primary N) is 1. The van der Waals surface area contributed by atoms with E-state index in [9.17, 15) is 4.21 Å². The summed E-state index contributed by atoms with van der Waals surface area (Å²) < 4.78 is 14.2. The van der Waals surface area contributed by atoms with E-state index in [0.29, 0.717) is 5.92 Å². The van der Waals surface area contributed by atoms with Gasteiger partial charge >= 0.3 is 195 Å². The fraction of sp³-hybridized carbons (Fsp3) is 0.400. The Morgan fingerprint density at radius 3 is 2.55 bits per heavy atom. The average Bonchev–Trinajstić information content (AvgIpc) is 3.13. The van der Waals surface area contributed by atoms with Crippen LogP contribution in [-0.4, -0.2) is 52.7 Å². The first kappa shape index (κ1) is 22.7. The first-order valence-electron chi connectivity index (χ1n) is 11.4. The molecule has 0 bridgehead atoms. The van der Waals surface area contributed by atoms with Gasteiger partial charge < -0.3 is 0 Å². The van der Waals surface area contributed by atoms with E-state index in [0.717, 1.165) is 49.3 Å². The number of hydrogen-bond donors (Lipinski definition) is 1. The number of fused-ring (bicyclic) bond motifs is 1. The third-order valence-corrected chi connectivity index (χ3v) is 10.1. The van der Waals surface area contributed by atoms with Crippen LogP contribution in [0.25, 0.3) is 0 Å². The summed E-state index contributed by atoms with van der Waals surface area (Å²) >= 11 is 0.119. The van der Waals surface area contributed by atoms with Gasteiger partial charge in [-0.15, -0.1) is 0 Å². The van der Waals surface area contributed by atoms with Crippen molar-refractivity contribution in [3.8, 4) is 0 Å². The fourth-order valence-corrected chi connectivity index (χ4v) is 7.30. The van der Waals surface area contributed by atoms with E-state index in [-0.39, 0.29) is 25.6 Å². The van der Waals surface area contributed by atoms with Crippen molar-refractivity contribution >= 4 is 40.9 Å². The van der Waals surface area contributed by atoms with Crippen molar-refractivity contribution < 1.29 is 4.21 Å². The monoisotopic (exact) mass is 527 g/mol. The predicted molar refractivity (Wildman–Crippen MR) is 134 cm³/mol. The van der Waals surface area contributed by atoms with E-state index < -0.39 is 11.0 Å². The average molecular weight is 527 g/mol. The Labute approximate surface area is 204 Å². The minimum absolute atomic E-state index is 0.0115. The molecule has 2 heterocycles. The SMILES string of the molecule is CC(C[C@@H]1c2ccccc2CC12CCN(c1ncc([Se]c3ccccc3)nn1)CC2)S(N)=O. The molecule has 0 radical (unpaired) electrons. The molecule has 33 heavy (non-hydrogen) atoms. The van der Waals surface area contributed by atoms with E-state index in [2.05, 4.69) is 68.6 Å². The normalized spacial score (nSPS) is 21.0. The Morgan fingerprint density at radius 1 is 1.12 bits per heavy atom. The first-order chi connectivity index (χ1) is 16.0. The zero-order valence-corrected chi connectivity index (χ0v) is 21.3. The number of aromatic nitrogens is 3. The van der Waals surface area contributed by atoms with Crippen LogP contribution in [0.1, 0.15) is 43.2 Å². The summed E-state index contributed by atoms with van der Waals surface area (Å²) in [5, 5.41) is 14.7. The molecule has 1 spiro atoms.